The van der Waals surface area contributed by atoms with E-state index >= 15 is 0 Å². The van der Waals surface area contributed by atoms with Crippen LogP contribution in [0.2, 0.25) is 5.22 Å². The number of hydrogen-bond donors (Lipinski definition) is 0. The number of amides is 1. The summed E-state index contributed by atoms with van der Waals surface area (Å²) in [4.78, 5) is 26.1. The second kappa shape index (κ2) is 8.75. The number of halogens is 1. The molecule has 0 bridgehead atoms. The normalized spacial score (nSPS) is 17.9. The van der Waals surface area contributed by atoms with Gasteiger partial charge in [-0.25, -0.2) is 4.79 Å². The molecule has 26 heavy (non-hydrogen) atoms. The van der Waals surface area contributed by atoms with Crippen molar-refractivity contribution in [1.29, 1.82) is 0 Å². The summed E-state index contributed by atoms with van der Waals surface area (Å²) in [5.74, 6) is -0.337. The number of piperidine rings is 1. The van der Waals surface area contributed by atoms with Crippen molar-refractivity contribution >= 4 is 23.7 Å². The first-order chi connectivity index (χ1) is 12.2. The van der Waals surface area contributed by atoms with Gasteiger partial charge in [0.15, 0.2) is 0 Å². The Kier molecular flexibility index (Phi) is 6.92. The first-order valence-electron chi connectivity index (χ1n) is 8.93. The van der Waals surface area contributed by atoms with Crippen LogP contribution in [0.4, 0.5) is 4.79 Å². The Morgan fingerprint density at radius 2 is 2.08 bits per heavy atom. The number of aryl methyl sites for hydroxylation is 1. The predicted molar refractivity (Wildman–Crippen MR) is 96.1 cm³/mol. The van der Waals surface area contributed by atoms with Crippen molar-refractivity contribution in [2.75, 3.05) is 13.2 Å². The van der Waals surface area contributed by atoms with E-state index in [-0.39, 0.29) is 36.4 Å². The van der Waals surface area contributed by atoms with Gasteiger partial charge in [-0.2, -0.15) is 0 Å². The van der Waals surface area contributed by atoms with Gasteiger partial charge >= 0.3 is 12.1 Å². The molecule has 1 unspecified atom stereocenters. The summed E-state index contributed by atoms with van der Waals surface area (Å²) < 4.78 is 15.7. The molecule has 1 aliphatic rings. The Morgan fingerprint density at radius 3 is 2.69 bits per heavy atom. The predicted octanol–water partition coefficient (Wildman–Crippen LogP) is 3.90. The van der Waals surface area contributed by atoms with Crippen molar-refractivity contribution in [2.45, 2.75) is 71.4 Å². The van der Waals surface area contributed by atoms with Crippen LogP contribution < -0.4 is 0 Å². The van der Waals surface area contributed by atoms with Crippen molar-refractivity contribution in [3.05, 3.63) is 16.5 Å². The molecule has 0 N–H and O–H groups in total. The fraction of sp³-hybridized carbons (Fsp3) is 0.722. The fourth-order valence-corrected chi connectivity index (χ4v) is 3.13. The summed E-state index contributed by atoms with van der Waals surface area (Å²) in [6, 6.07) is -0.150. The topological polar surface area (TPSA) is 81.9 Å². The summed E-state index contributed by atoms with van der Waals surface area (Å²) in [6.07, 6.45) is 2.95. The van der Waals surface area contributed by atoms with Gasteiger partial charge in [0.2, 0.25) is 5.22 Å². The average molecular weight is 387 g/mol. The third-order valence-corrected chi connectivity index (χ3v) is 4.50. The van der Waals surface area contributed by atoms with Crippen LogP contribution in [0.1, 0.15) is 57.7 Å². The fourth-order valence-electron chi connectivity index (χ4n) is 2.86. The molecular formula is C18H27ClN2O5. The van der Waals surface area contributed by atoms with Crippen molar-refractivity contribution < 1.29 is 23.6 Å². The highest BCUT2D eigenvalue weighted by molar-refractivity contribution is 6.29. The number of likely N-dealkylation sites (tertiary alicyclic amines) is 1. The lowest BCUT2D eigenvalue weighted by Gasteiger charge is -2.36. The van der Waals surface area contributed by atoms with Gasteiger partial charge in [0, 0.05) is 18.5 Å². The molecule has 0 aliphatic carbocycles. The second-order valence-electron chi connectivity index (χ2n) is 7.53. The van der Waals surface area contributed by atoms with E-state index in [0.717, 1.165) is 24.8 Å². The van der Waals surface area contributed by atoms with E-state index in [1.54, 1.807) is 11.8 Å². The molecule has 8 heteroatoms. The summed E-state index contributed by atoms with van der Waals surface area (Å²) in [6.45, 7) is 8.07. The van der Waals surface area contributed by atoms with E-state index < -0.39 is 5.60 Å². The minimum atomic E-state index is -0.550. The number of ether oxygens (including phenoxy) is 2. The van der Waals surface area contributed by atoms with E-state index in [1.807, 2.05) is 20.8 Å². The summed E-state index contributed by atoms with van der Waals surface area (Å²) in [7, 11) is 0. The van der Waals surface area contributed by atoms with Gasteiger partial charge in [0.05, 0.1) is 11.7 Å². The SMILES string of the molecule is Cc1noc(Cl)c1CCC(=O)OCC1CCCCN1C(=O)OC(C)(C)C. The molecule has 2 heterocycles. The molecule has 1 fully saturated rings. The molecule has 0 saturated carbocycles. The monoisotopic (exact) mass is 386 g/mol. The maximum absolute atomic E-state index is 12.4. The number of esters is 1. The number of rotatable bonds is 5. The smallest absolute Gasteiger partial charge is 0.410 e. The number of aromatic nitrogens is 1. The molecule has 1 atom stereocenters. The largest absolute Gasteiger partial charge is 0.463 e. The molecule has 146 valence electrons. The Balaban J connectivity index is 1.83. The van der Waals surface area contributed by atoms with Crippen LogP contribution in [0.3, 0.4) is 0 Å². The van der Waals surface area contributed by atoms with Crippen LogP contribution in [0, 0.1) is 6.92 Å². The number of carbonyl (C=O) groups is 2. The summed E-state index contributed by atoms with van der Waals surface area (Å²) >= 11 is 5.89. The van der Waals surface area contributed by atoms with E-state index in [2.05, 4.69) is 5.16 Å². The van der Waals surface area contributed by atoms with Crippen LogP contribution in [0.5, 0.6) is 0 Å². The minimum Gasteiger partial charge on any atom is -0.463 e. The zero-order valence-electron chi connectivity index (χ0n) is 15.8. The highest BCUT2D eigenvalue weighted by atomic mass is 35.5. The van der Waals surface area contributed by atoms with E-state index in [1.165, 1.54) is 0 Å². The lowest BCUT2D eigenvalue weighted by Crippen LogP contribution is -2.48. The third kappa shape index (κ3) is 5.90. The van der Waals surface area contributed by atoms with Gasteiger partial charge in [-0.05, 0) is 65.0 Å². The van der Waals surface area contributed by atoms with Crippen LogP contribution in [-0.2, 0) is 20.7 Å². The van der Waals surface area contributed by atoms with Crippen molar-refractivity contribution in [1.82, 2.24) is 10.1 Å². The molecule has 0 radical (unpaired) electrons. The van der Waals surface area contributed by atoms with Crippen LogP contribution >= 0.6 is 11.6 Å². The zero-order chi connectivity index (χ0) is 19.3. The molecule has 7 nitrogen and oxygen atoms in total. The van der Waals surface area contributed by atoms with Crippen molar-refractivity contribution in [3.63, 3.8) is 0 Å². The lowest BCUT2D eigenvalue weighted by molar-refractivity contribution is -0.145. The van der Waals surface area contributed by atoms with E-state index in [9.17, 15) is 9.59 Å². The molecule has 0 spiro atoms. The van der Waals surface area contributed by atoms with Gasteiger partial charge in [-0.1, -0.05) is 5.16 Å². The molecule has 1 aromatic heterocycles. The summed E-state index contributed by atoms with van der Waals surface area (Å²) in [5, 5.41) is 3.96. The van der Waals surface area contributed by atoms with Gasteiger partial charge in [0.1, 0.15) is 12.2 Å². The lowest BCUT2D eigenvalue weighted by atomic mass is 10.0. The van der Waals surface area contributed by atoms with Gasteiger partial charge in [0.25, 0.3) is 0 Å². The van der Waals surface area contributed by atoms with E-state index in [4.69, 9.17) is 25.6 Å². The molecule has 0 aromatic carbocycles. The first-order valence-corrected chi connectivity index (χ1v) is 9.31. The second-order valence-corrected chi connectivity index (χ2v) is 7.87. The zero-order valence-corrected chi connectivity index (χ0v) is 16.6. The maximum Gasteiger partial charge on any atom is 0.410 e. The highest BCUT2D eigenvalue weighted by Crippen LogP contribution is 2.22. The third-order valence-electron chi connectivity index (χ3n) is 4.21. The maximum atomic E-state index is 12.4. The molecule has 1 aromatic rings. The Bertz CT molecular complexity index is 619. The minimum absolute atomic E-state index is 0.150. The Hall–Kier alpha value is -1.76. The standard InChI is InChI=1S/C18H27ClN2O5/c1-12-14(16(19)26-20-12)8-9-15(22)24-11-13-7-5-6-10-21(13)17(23)25-18(2,3)4/h13H,5-11H2,1-4H3. The van der Waals surface area contributed by atoms with Gasteiger partial charge in [-0.3, -0.25) is 4.79 Å². The first kappa shape index (κ1) is 20.6. The van der Waals surface area contributed by atoms with Gasteiger partial charge in [-0.15, -0.1) is 0 Å². The molecule has 1 amide bonds. The highest BCUT2D eigenvalue weighted by Gasteiger charge is 2.31. The number of carbonyl (C=O) groups excluding carboxylic acids is 2. The molecule has 1 saturated heterocycles. The molecular weight excluding hydrogens is 360 g/mol. The Morgan fingerprint density at radius 1 is 1.35 bits per heavy atom. The number of hydrogen-bond acceptors (Lipinski definition) is 6. The van der Waals surface area contributed by atoms with Crippen molar-refractivity contribution in [2.24, 2.45) is 0 Å². The van der Waals surface area contributed by atoms with E-state index in [0.29, 0.717) is 18.7 Å². The quantitative estimate of drug-likeness (QED) is 0.713. The Labute approximate surface area is 158 Å². The molecule has 2 rings (SSSR count). The van der Waals surface area contributed by atoms with Crippen LogP contribution in [-0.4, -0.2) is 46.9 Å². The number of nitrogens with zero attached hydrogens (tertiary/aromatic N) is 2. The van der Waals surface area contributed by atoms with Crippen LogP contribution in [0.25, 0.3) is 0 Å². The summed E-state index contributed by atoms with van der Waals surface area (Å²) in [5.41, 5.74) is 0.841. The van der Waals surface area contributed by atoms with Crippen molar-refractivity contribution in [3.8, 4) is 0 Å². The molecule has 1 aliphatic heterocycles. The van der Waals surface area contributed by atoms with Crippen LogP contribution in [0.15, 0.2) is 4.52 Å². The average Bonchev–Trinajstić information content (AvgIpc) is 2.88. The van der Waals surface area contributed by atoms with Gasteiger partial charge < -0.3 is 18.9 Å².